The lowest BCUT2D eigenvalue weighted by molar-refractivity contribution is 0.295. The monoisotopic (exact) mass is 305 g/mol. The van der Waals surface area contributed by atoms with E-state index in [4.69, 9.17) is 22.1 Å². The average Bonchev–Trinajstić information content (AvgIpc) is 3.16. The summed E-state index contributed by atoms with van der Waals surface area (Å²) in [4.78, 5) is 0. The first-order valence-corrected chi connectivity index (χ1v) is 7.80. The quantitative estimate of drug-likeness (QED) is 0.916. The molecule has 1 aliphatic carbocycles. The van der Waals surface area contributed by atoms with Gasteiger partial charge in [-0.2, -0.15) is 5.10 Å². The summed E-state index contributed by atoms with van der Waals surface area (Å²) < 4.78 is 7.91. The molecule has 0 radical (unpaired) electrons. The van der Waals surface area contributed by atoms with Crippen LogP contribution in [0.1, 0.15) is 43.0 Å². The number of hydrogen-bond acceptors (Lipinski definition) is 3. The summed E-state index contributed by atoms with van der Waals surface area (Å²) in [6, 6.07) is 8.16. The lowest BCUT2D eigenvalue weighted by Crippen LogP contribution is -2.07. The van der Waals surface area contributed by atoms with E-state index < -0.39 is 0 Å². The molecule has 0 unspecified atom stereocenters. The molecule has 0 saturated heterocycles. The molecule has 0 amide bonds. The van der Waals surface area contributed by atoms with Crippen LogP contribution in [0.15, 0.2) is 30.5 Å². The Morgan fingerprint density at radius 1 is 1.29 bits per heavy atom. The molecule has 4 nitrogen and oxygen atoms in total. The SMILES string of the molecule is NCc1c(Cl)cccc1OCc1ccn(C2CCCC2)n1. The molecular formula is C16H20ClN3O. The fourth-order valence-corrected chi connectivity index (χ4v) is 3.09. The van der Waals surface area contributed by atoms with Gasteiger partial charge in [0.15, 0.2) is 0 Å². The number of nitrogens with zero attached hydrogens (tertiary/aromatic N) is 2. The molecule has 0 spiro atoms. The van der Waals surface area contributed by atoms with Gasteiger partial charge in [-0.05, 0) is 31.0 Å². The van der Waals surface area contributed by atoms with Crippen molar-refractivity contribution in [3.63, 3.8) is 0 Å². The molecule has 1 saturated carbocycles. The highest BCUT2D eigenvalue weighted by Gasteiger charge is 2.17. The fraction of sp³-hybridized carbons (Fsp3) is 0.438. The molecule has 3 rings (SSSR count). The molecule has 0 aliphatic heterocycles. The minimum absolute atomic E-state index is 0.367. The maximum absolute atomic E-state index is 6.12. The second kappa shape index (κ2) is 6.50. The van der Waals surface area contributed by atoms with Gasteiger partial charge in [0, 0.05) is 23.3 Å². The third-order valence-corrected chi connectivity index (χ3v) is 4.37. The number of halogens is 1. The first kappa shape index (κ1) is 14.4. The average molecular weight is 306 g/mol. The zero-order chi connectivity index (χ0) is 14.7. The second-order valence-electron chi connectivity index (χ2n) is 5.43. The van der Waals surface area contributed by atoms with Crippen molar-refractivity contribution in [1.82, 2.24) is 9.78 Å². The third kappa shape index (κ3) is 3.22. The van der Waals surface area contributed by atoms with Crippen molar-refractivity contribution in [3.05, 3.63) is 46.7 Å². The van der Waals surface area contributed by atoms with Gasteiger partial charge >= 0.3 is 0 Å². The number of benzene rings is 1. The molecule has 1 fully saturated rings. The zero-order valence-corrected chi connectivity index (χ0v) is 12.7. The number of ether oxygens (including phenoxy) is 1. The van der Waals surface area contributed by atoms with Gasteiger partial charge in [0.1, 0.15) is 12.4 Å². The van der Waals surface area contributed by atoms with Gasteiger partial charge in [0.2, 0.25) is 0 Å². The molecule has 5 heteroatoms. The van der Waals surface area contributed by atoms with Crippen molar-refractivity contribution in [2.45, 2.75) is 44.9 Å². The minimum atomic E-state index is 0.367. The molecule has 0 bridgehead atoms. The minimum Gasteiger partial charge on any atom is -0.487 e. The van der Waals surface area contributed by atoms with Gasteiger partial charge in [-0.15, -0.1) is 0 Å². The molecule has 1 heterocycles. The van der Waals surface area contributed by atoms with Crippen LogP contribution in [0.4, 0.5) is 0 Å². The summed E-state index contributed by atoms with van der Waals surface area (Å²) in [6.07, 6.45) is 7.12. The van der Waals surface area contributed by atoms with E-state index in [1.807, 2.05) is 24.3 Å². The Labute approximate surface area is 129 Å². The molecule has 1 aromatic heterocycles. The van der Waals surface area contributed by atoms with E-state index in [1.165, 1.54) is 25.7 Å². The topological polar surface area (TPSA) is 53.1 Å². The van der Waals surface area contributed by atoms with Crippen LogP contribution in [0.5, 0.6) is 5.75 Å². The lowest BCUT2D eigenvalue weighted by Gasteiger charge is -2.11. The first-order chi connectivity index (χ1) is 10.3. The van der Waals surface area contributed by atoms with Crippen molar-refractivity contribution in [2.75, 3.05) is 0 Å². The van der Waals surface area contributed by atoms with Crippen LogP contribution in [0, 0.1) is 0 Å². The van der Waals surface area contributed by atoms with E-state index in [-0.39, 0.29) is 0 Å². The Hall–Kier alpha value is -1.52. The number of aromatic nitrogens is 2. The smallest absolute Gasteiger partial charge is 0.132 e. The van der Waals surface area contributed by atoms with E-state index in [1.54, 1.807) is 0 Å². The molecule has 0 atom stereocenters. The first-order valence-electron chi connectivity index (χ1n) is 7.42. The summed E-state index contributed by atoms with van der Waals surface area (Å²) in [6.45, 7) is 0.804. The predicted molar refractivity (Wildman–Crippen MR) is 83.4 cm³/mol. The standard InChI is InChI=1S/C16H20ClN3O/c17-15-6-3-7-16(14(15)10-18)21-11-12-8-9-20(19-12)13-4-1-2-5-13/h3,6-9,13H,1-2,4-5,10-11,18H2. The maximum Gasteiger partial charge on any atom is 0.132 e. The Morgan fingerprint density at radius 2 is 2.10 bits per heavy atom. The van der Waals surface area contributed by atoms with Crippen molar-refractivity contribution >= 4 is 11.6 Å². The third-order valence-electron chi connectivity index (χ3n) is 4.02. The van der Waals surface area contributed by atoms with E-state index in [0.29, 0.717) is 24.2 Å². The number of hydrogen-bond donors (Lipinski definition) is 1. The van der Waals surface area contributed by atoms with Crippen LogP contribution in [-0.2, 0) is 13.2 Å². The maximum atomic E-state index is 6.12. The van der Waals surface area contributed by atoms with Crippen molar-refractivity contribution in [3.8, 4) is 5.75 Å². The molecular weight excluding hydrogens is 286 g/mol. The number of rotatable bonds is 5. The van der Waals surface area contributed by atoms with Gasteiger partial charge in [-0.25, -0.2) is 0 Å². The van der Waals surface area contributed by atoms with Crippen LogP contribution in [0.2, 0.25) is 5.02 Å². The second-order valence-corrected chi connectivity index (χ2v) is 5.84. The summed E-state index contributed by atoms with van der Waals surface area (Å²) in [5, 5.41) is 5.26. The van der Waals surface area contributed by atoms with Crippen LogP contribution >= 0.6 is 11.6 Å². The van der Waals surface area contributed by atoms with Crippen molar-refractivity contribution < 1.29 is 4.74 Å². The Morgan fingerprint density at radius 3 is 2.86 bits per heavy atom. The number of nitrogens with two attached hydrogens (primary N) is 1. The summed E-state index contributed by atoms with van der Waals surface area (Å²) in [5.41, 5.74) is 7.50. The van der Waals surface area contributed by atoms with E-state index >= 15 is 0 Å². The highest BCUT2D eigenvalue weighted by molar-refractivity contribution is 6.31. The van der Waals surface area contributed by atoms with Crippen molar-refractivity contribution in [2.24, 2.45) is 5.73 Å². The van der Waals surface area contributed by atoms with E-state index in [2.05, 4.69) is 16.0 Å². The molecule has 2 N–H and O–H groups in total. The van der Waals surface area contributed by atoms with Gasteiger partial charge in [-0.1, -0.05) is 30.5 Å². The predicted octanol–water partition coefficient (Wildman–Crippen LogP) is 3.69. The normalized spacial score (nSPS) is 15.5. The molecule has 1 aromatic carbocycles. The fourth-order valence-electron chi connectivity index (χ4n) is 2.85. The molecule has 112 valence electrons. The van der Waals surface area contributed by atoms with Crippen LogP contribution in [0.3, 0.4) is 0 Å². The Bertz CT molecular complexity index is 605. The highest BCUT2D eigenvalue weighted by atomic mass is 35.5. The highest BCUT2D eigenvalue weighted by Crippen LogP contribution is 2.29. The van der Waals surface area contributed by atoms with Crippen LogP contribution < -0.4 is 10.5 Å². The Balaban J connectivity index is 1.66. The van der Waals surface area contributed by atoms with Gasteiger partial charge in [-0.3, -0.25) is 4.68 Å². The Kier molecular flexibility index (Phi) is 4.46. The lowest BCUT2D eigenvalue weighted by atomic mass is 10.2. The molecule has 2 aromatic rings. The van der Waals surface area contributed by atoms with Crippen LogP contribution in [0.25, 0.3) is 0 Å². The van der Waals surface area contributed by atoms with Gasteiger partial charge in [0.05, 0.1) is 11.7 Å². The summed E-state index contributed by atoms with van der Waals surface area (Å²) >= 11 is 6.12. The largest absolute Gasteiger partial charge is 0.487 e. The summed E-state index contributed by atoms with van der Waals surface area (Å²) in [7, 11) is 0. The van der Waals surface area contributed by atoms with E-state index in [9.17, 15) is 0 Å². The van der Waals surface area contributed by atoms with Gasteiger partial charge < -0.3 is 10.5 Å². The van der Waals surface area contributed by atoms with Crippen LogP contribution in [-0.4, -0.2) is 9.78 Å². The molecule has 1 aliphatic rings. The summed E-state index contributed by atoms with van der Waals surface area (Å²) in [5.74, 6) is 0.736. The van der Waals surface area contributed by atoms with Crippen molar-refractivity contribution in [1.29, 1.82) is 0 Å². The molecule has 21 heavy (non-hydrogen) atoms. The zero-order valence-electron chi connectivity index (χ0n) is 12.0. The van der Waals surface area contributed by atoms with Gasteiger partial charge in [0.25, 0.3) is 0 Å². The van der Waals surface area contributed by atoms with E-state index in [0.717, 1.165) is 17.0 Å².